The summed E-state index contributed by atoms with van der Waals surface area (Å²) in [6.07, 6.45) is 9.14. The molecule has 0 atom stereocenters. The monoisotopic (exact) mass is 894 g/mol. The van der Waals surface area contributed by atoms with Gasteiger partial charge in [0.1, 0.15) is 0 Å². The zero-order chi connectivity index (χ0) is 35.2. The van der Waals surface area contributed by atoms with Gasteiger partial charge in [-0.1, -0.05) is 27.7 Å². The van der Waals surface area contributed by atoms with E-state index in [1.54, 1.807) is 0 Å². The third-order valence-electron chi connectivity index (χ3n) is 9.84. The van der Waals surface area contributed by atoms with Gasteiger partial charge in [0.05, 0.1) is 5.76 Å². The molecule has 0 bridgehead atoms. The first kappa shape index (κ1) is 40.1. The van der Waals surface area contributed by atoms with E-state index in [-0.39, 0.29) is 48.9 Å². The number of fused-ring (bicyclic) bond motifs is 2. The Balaban J connectivity index is 0.000000347. The van der Waals surface area contributed by atoms with Gasteiger partial charge in [0.15, 0.2) is 5.78 Å². The van der Waals surface area contributed by atoms with E-state index in [0.717, 1.165) is 47.9 Å². The van der Waals surface area contributed by atoms with Crippen LogP contribution in [0.4, 0.5) is 0 Å². The molecule has 0 aliphatic carbocycles. The second-order valence-corrected chi connectivity index (χ2v) is 23.5. The molecule has 0 saturated carbocycles. The summed E-state index contributed by atoms with van der Waals surface area (Å²) in [6, 6.07) is 27.2. The van der Waals surface area contributed by atoms with E-state index >= 15 is 0 Å². The number of ketones is 1. The van der Waals surface area contributed by atoms with Crippen LogP contribution in [0, 0.1) is 29.2 Å². The predicted molar refractivity (Wildman–Crippen MR) is 205 cm³/mol. The summed E-state index contributed by atoms with van der Waals surface area (Å²) >= 11 is -2.46. The average molecular weight is 893 g/mol. The van der Waals surface area contributed by atoms with Gasteiger partial charge in [-0.25, -0.2) is 0 Å². The van der Waals surface area contributed by atoms with Crippen LogP contribution in [-0.2, 0) is 30.3 Å². The molecule has 0 spiro atoms. The summed E-state index contributed by atoms with van der Waals surface area (Å²) in [4.78, 5) is 16.5. The molecule has 1 aliphatic heterocycles. The van der Waals surface area contributed by atoms with E-state index in [1.165, 1.54) is 37.0 Å². The number of hydrogen-bond donors (Lipinski definition) is 1. The molecule has 1 aromatic heterocycles. The van der Waals surface area contributed by atoms with Gasteiger partial charge in [-0.05, 0) is 25.7 Å². The molecule has 49 heavy (non-hydrogen) atoms. The van der Waals surface area contributed by atoms with Gasteiger partial charge < -0.3 is 5.11 Å². The number of aliphatic hydroxyl groups excluding tert-OH is 1. The van der Waals surface area contributed by atoms with E-state index in [2.05, 4.69) is 99.0 Å². The Morgan fingerprint density at radius 1 is 0.959 bits per heavy atom. The average Bonchev–Trinajstić information content (AvgIpc) is 3.34. The second kappa shape index (κ2) is 17.1. The normalized spacial score (nSPS) is 13.7. The molecule has 259 valence electrons. The van der Waals surface area contributed by atoms with Crippen molar-refractivity contribution in [2.45, 2.75) is 91.1 Å². The summed E-state index contributed by atoms with van der Waals surface area (Å²) in [5.74, 6) is 5.42. The van der Waals surface area contributed by atoms with E-state index < -0.39 is 13.3 Å². The molecule has 0 saturated heterocycles. The van der Waals surface area contributed by atoms with Gasteiger partial charge in [0.2, 0.25) is 0 Å². The van der Waals surface area contributed by atoms with Crippen molar-refractivity contribution in [1.82, 2.24) is 4.98 Å². The van der Waals surface area contributed by atoms with Crippen LogP contribution < -0.4 is 4.40 Å². The maximum absolute atomic E-state index is 11.7. The number of hydrogen-bond acceptors (Lipinski definition) is 4. The quantitative estimate of drug-likeness (QED) is 0.0786. The van der Waals surface area contributed by atoms with Crippen LogP contribution in [0.1, 0.15) is 96.4 Å². The molecule has 1 aliphatic rings. The Labute approximate surface area is 310 Å². The number of nitrogens with zero attached hydrogens (tertiary/aromatic N) is 2. The maximum Gasteiger partial charge on any atom is 0.162 e. The molecular weight excluding hydrogens is 841 g/mol. The molecular formula is C43H51GeIrN2O2-. The zero-order valence-corrected chi connectivity index (χ0v) is 35.1. The van der Waals surface area contributed by atoms with Crippen molar-refractivity contribution < 1.29 is 30.0 Å². The molecule has 4 aromatic rings. The Hall–Kier alpha value is -3.30. The van der Waals surface area contributed by atoms with Crippen molar-refractivity contribution in [3.63, 3.8) is 0 Å². The summed E-state index contributed by atoms with van der Waals surface area (Å²) in [6.45, 7) is 14.8. The van der Waals surface area contributed by atoms with E-state index in [9.17, 15) is 15.2 Å². The SMILES string of the molecule is CC(C)(C)c1cc(-c2cc([C]3=Cc4cc(C#N)cc[c]4[Ge]3([CH3])[CH3])ccn2)[c-]c2ccccc12.CCC(CC)C(=O)/C=C(\O)C(CC)CC.[Ir]. The molecule has 6 heteroatoms. The first-order valence-electron chi connectivity index (χ1n) is 17.4. The number of benzene rings is 3. The fraction of sp³-hybridized carbons (Fsp3) is 0.372. The number of carbonyl (C=O) groups excluding carboxylic acids is 1. The number of nitriles is 1. The number of pyridine rings is 1. The molecule has 1 radical (unpaired) electrons. The van der Waals surface area contributed by atoms with Crippen molar-refractivity contribution in [3.05, 3.63) is 107 Å². The van der Waals surface area contributed by atoms with Crippen LogP contribution in [-0.4, -0.2) is 29.1 Å². The van der Waals surface area contributed by atoms with Gasteiger partial charge in [0.25, 0.3) is 0 Å². The Morgan fingerprint density at radius 3 is 2.22 bits per heavy atom. The van der Waals surface area contributed by atoms with E-state index in [0.29, 0.717) is 0 Å². The molecule has 4 nitrogen and oxygen atoms in total. The summed E-state index contributed by atoms with van der Waals surface area (Å²) in [7, 11) is 0. The number of aromatic nitrogens is 1. The summed E-state index contributed by atoms with van der Waals surface area (Å²) in [5.41, 5.74) is 6.49. The molecule has 5 rings (SSSR count). The Morgan fingerprint density at radius 2 is 1.61 bits per heavy atom. The van der Waals surface area contributed by atoms with Crippen molar-refractivity contribution in [3.8, 4) is 17.3 Å². The van der Waals surface area contributed by atoms with Crippen molar-refractivity contribution in [2.24, 2.45) is 11.8 Å². The van der Waals surface area contributed by atoms with Gasteiger partial charge >= 0.3 is 199 Å². The topological polar surface area (TPSA) is 74.0 Å². The molecule has 3 aromatic carbocycles. The Kier molecular flexibility index (Phi) is 14.0. The second-order valence-electron chi connectivity index (χ2n) is 14.4. The minimum absolute atomic E-state index is 0. The van der Waals surface area contributed by atoms with Gasteiger partial charge in [-0.3, -0.25) is 4.79 Å². The first-order valence-corrected chi connectivity index (χ1v) is 23.7. The number of allylic oxidation sites excluding steroid dienone is 2. The third-order valence-corrected chi connectivity index (χ3v) is 17.4. The zero-order valence-electron chi connectivity index (χ0n) is 30.6. The fourth-order valence-electron chi connectivity index (χ4n) is 6.76. The van der Waals surface area contributed by atoms with Crippen LogP contribution in [0.15, 0.2) is 78.7 Å². The number of aliphatic hydroxyl groups is 1. The number of carbonyl (C=O) groups is 1. The predicted octanol–water partition coefficient (Wildman–Crippen LogP) is 10.7. The summed E-state index contributed by atoms with van der Waals surface area (Å²) < 4.78 is 2.87. The minimum atomic E-state index is -2.46. The van der Waals surface area contributed by atoms with Gasteiger partial charge in [0, 0.05) is 38.0 Å². The number of rotatable bonds is 9. The van der Waals surface area contributed by atoms with Crippen LogP contribution >= 0.6 is 0 Å². The fourth-order valence-corrected chi connectivity index (χ4v) is 13.2. The van der Waals surface area contributed by atoms with Crippen molar-refractivity contribution in [2.75, 3.05) is 0 Å². The standard InChI is InChI=1S/C30H27GeN2.C13H24O2.Ir/c1-30(2,3)26-16-24(15-21-8-6-7-9-25(21)26)29-18-22(12-13-33-29)28-17-23-14-20(19-32)10-11-27(23)31(28,4)5;1-5-10(6-2)12(14)9-13(15)11(7-3)8-4;/h6-14,16-18H,1-5H3;9-11,14H,5-8H2,1-4H3;/q-1;;/b;12-9-;. The molecule has 0 fully saturated rings. The molecule has 2 heterocycles. The van der Waals surface area contributed by atoms with Crippen LogP contribution in [0.25, 0.3) is 32.5 Å². The largest absolute Gasteiger partial charge is 0.512 e. The molecule has 0 amide bonds. The Bertz CT molecular complexity index is 1890. The third kappa shape index (κ3) is 9.09. The van der Waals surface area contributed by atoms with E-state index in [1.807, 2.05) is 46.0 Å². The van der Waals surface area contributed by atoms with Crippen LogP contribution in [0.5, 0.6) is 0 Å². The van der Waals surface area contributed by atoms with Gasteiger partial charge in [-0.15, -0.1) is 0 Å². The van der Waals surface area contributed by atoms with E-state index in [4.69, 9.17) is 4.98 Å². The van der Waals surface area contributed by atoms with Crippen molar-refractivity contribution in [1.29, 1.82) is 5.26 Å². The first-order chi connectivity index (χ1) is 22.8. The van der Waals surface area contributed by atoms with Crippen LogP contribution in [0.3, 0.4) is 0 Å². The maximum atomic E-state index is 11.7. The smallest absolute Gasteiger partial charge is 0.162 e. The molecule has 0 unspecified atom stereocenters. The summed E-state index contributed by atoms with van der Waals surface area (Å²) in [5, 5.41) is 21.5. The van der Waals surface area contributed by atoms with Crippen molar-refractivity contribution >= 4 is 44.7 Å². The minimum Gasteiger partial charge on any atom is -0.512 e. The van der Waals surface area contributed by atoms with Crippen LogP contribution in [0.2, 0.25) is 11.5 Å². The van der Waals surface area contributed by atoms with Gasteiger partial charge in [-0.2, -0.15) is 0 Å². The molecule has 1 N–H and O–H groups in total.